The highest BCUT2D eigenvalue weighted by atomic mass is 32.1. The minimum Gasteiger partial charge on any atom is -0.277 e. The lowest BCUT2D eigenvalue weighted by molar-refractivity contribution is 1.01. The van der Waals surface area contributed by atoms with Gasteiger partial charge in [0.25, 0.3) is 0 Å². The molecule has 4 heterocycles. The molecule has 4 aromatic heterocycles. The summed E-state index contributed by atoms with van der Waals surface area (Å²) in [4.78, 5) is 15.3. The third-order valence-electron chi connectivity index (χ3n) is 9.07. The van der Waals surface area contributed by atoms with Gasteiger partial charge in [0.05, 0.1) is 16.7 Å². The Kier molecular flexibility index (Phi) is 5.41. The van der Waals surface area contributed by atoms with E-state index in [1.807, 2.05) is 29.7 Å². The van der Waals surface area contributed by atoms with E-state index in [1.54, 1.807) is 0 Å². The summed E-state index contributed by atoms with van der Waals surface area (Å²) >= 11 is 1.87. The molecule has 0 N–H and O–H groups in total. The standard InChI is InChI=1S/C41H24N4S/c1-2-11-25(12-3-1)26-20-22-27(23-21-26)37-32-17-10-24-42-40(32)44-41(43-37)45-33-18-8-6-15-30(33)35-36-31-16-7-9-19-34(31)46-39(36)29-14-5-4-13-28(29)38(35)45/h1-24H. The van der Waals surface area contributed by atoms with E-state index in [0.717, 1.165) is 27.7 Å². The molecule has 0 fully saturated rings. The molecule has 5 heteroatoms. The Morgan fingerprint density at radius 3 is 1.98 bits per heavy atom. The molecule has 0 atom stereocenters. The zero-order valence-corrected chi connectivity index (χ0v) is 25.4. The largest absolute Gasteiger partial charge is 0.277 e. The monoisotopic (exact) mass is 604 g/mol. The van der Waals surface area contributed by atoms with Crippen molar-refractivity contribution in [3.63, 3.8) is 0 Å². The summed E-state index contributed by atoms with van der Waals surface area (Å²) < 4.78 is 4.86. The molecule has 6 aromatic carbocycles. The van der Waals surface area contributed by atoms with Gasteiger partial charge in [0.15, 0.2) is 5.65 Å². The summed E-state index contributed by atoms with van der Waals surface area (Å²) in [6, 6.07) is 49.3. The Morgan fingerprint density at radius 2 is 1.13 bits per heavy atom. The Morgan fingerprint density at radius 1 is 0.478 bits per heavy atom. The van der Waals surface area contributed by atoms with Crippen molar-refractivity contribution < 1.29 is 0 Å². The van der Waals surface area contributed by atoms with Gasteiger partial charge in [-0.05, 0) is 35.4 Å². The fourth-order valence-electron chi connectivity index (χ4n) is 7.05. The first kappa shape index (κ1) is 25.4. The topological polar surface area (TPSA) is 43.6 Å². The lowest BCUT2D eigenvalue weighted by Crippen LogP contribution is -2.04. The second-order valence-corrected chi connectivity index (χ2v) is 12.7. The molecule has 46 heavy (non-hydrogen) atoms. The molecule has 0 spiro atoms. The van der Waals surface area contributed by atoms with Gasteiger partial charge in [-0.2, -0.15) is 4.98 Å². The molecule has 0 aliphatic rings. The Hall–Kier alpha value is -5.91. The average Bonchev–Trinajstić information content (AvgIpc) is 3.68. The maximum atomic E-state index is 5.37. The SMILES string of the molecule is c1ccc(-c2ccc(-c3nc(-n4c5ccccc5c5c6c7ccccc7sc6c6ccccc6c54)nc4ncccc34)cc2)cc1. The summed E-state index contributed by atoms with van der Waals surface area (Å²) in [7, 11) is 0. The van der Waals surface area contributed by atoms with E-state index in [1.165, 1.54) is 52.8 Å². The quantitative estimate of drug-likeness (QED) is 0.201. The van der Waals surface area contributed by atoms with E-state index < -0.39 is 0 Å². The lowest BCUT2D eigenvalue weighted by atomic mass is 10.00. The van der Waals surface area contributed by atoms with E-state index in [2.05, 4.69) is 132 Å². The summed E-state index contributed by atoms with van der Waals surface area (Å²) in [5.41, 5.74) is 7.12. The van der Waals surface area contributed by atoms with Crippen LogP contribution >= 0.6 is 11.3 Å². The number of nitrogens with zero attached hydrogens (tertiary/aromatic N) is 4. The number of para-hydroxylation sites is 1. The van der Waals surface area contributed by atoms with Crippen molar-refractivity contribution in [1.29, 1.82) is 0 Å². The van der Waals surface area contributed by atoms with Crippen LogP contribution < -0.4 is 0 Å². The Labute approximate surface area is 267 Å². The first-order chi connectivity index (χ1) is 22.8. The van der Waals surface area contributed by atoms with Crippen LogP contribution in [0.5, 0.6) is 0 Å². The molecule has 0 aliphatic heterocycles. The van der Waals surface area contributed by atoms with Crippen LogP contribution in [-0.4, -0.2) is 19.5 Å². The molecule has 0 aliphatic carbocycles. The maximum absolute atomic E-state index is 5.37. The van der Waals surface area contributed by atoms with Gasteiger partial charge in [0.1, 0.15) is 0 Å². The van der Waals surface area contributed by atoms with Gasteiger partial charge in [0, 0.05) is 58.9 Å². The van der Waals surface area contributed by atoms with Gasteiger partial charge < -0.3 is 0 Å². The average molecular weight is 605 g/mol. The van der Waals surface area contributed by atoms with Crippen molar-refractivity contribution in [2.24, 2.45) is 0 Å². The molecule has 0 unspecified atom stereocenters. The number of hydrogen-bond acceptors (Lipinski definition) is 4. The van der Waals surface area contributed by atoms with Crippen LogP contribution in [0.25, 0.3) is 92.1 Å². The Balaban J connectivity index is 1.33. The van der Waals surface area contributed by atoms with Gasteiger partial charge in [-0.25, -0.2) is 9.97 Å². The van der Waals surface area contributed by atoms with Crippen LogP contribution in [0, 0.1) is 0 Å². The highest BCUT2D eigenvalue weighted by Crippen LogP contribution is 2.47. The first-order valence-corrected chi connectivity index (χ1v) is 16.2. The van der Waals surface area contributed by atoms with Crippen molar-refractivity contribution in [2.45, 2.75) is 0 Å². The first-order valence-electron chi connectivity index (χ1n) is 15.4. The second-order valence-electron chi connectivity index (χ2n) is 11.6. The highest BCUT2D eigenvalue weighted by molar-refractivity contribution is 7.27. The molecule has 214 valence electrons. The number of fused-ring (bicyclic) bond motifs is 11. The molecule has 0 saturated carbocycles. The molecule has 10 rings (SSSR count). The fraction of sp³-hybridized carbons (Fsp3) is 0. The van der Waals surface area contributed by atoms with E-state index in [0.29, 0.717) is 11.6 Å². The van der Waals surface area contributed by atoms with Crippen LogP contribution in [-0.2, 0) is 0 Å². The van der Waals surface area contributed by atoms with E-state index in [-0.39, 0.29) is 0 Å². The van der Waals surface area contributed by atoms with Crippen molar-refractivity contribution in [1.82, 2.24) is 19.5 Å². The number of hydrogen-bond donors (Lipinski definition) is 0. The zero-order valence-electron chi connectivity index (χ0n) is 24.6. The third-order valence-corrected chi connectivity index (χ3v) is 10.3. The van der Waals surface area contributed by atoms with Crippen molar-refractivity contribution in [3.05, 3.63) is 146 Å². The number of benzene rings is 6. The molecule has 0 radical (unpaired) electrons. The maximum Gasteiger partial charge on any atom is 0.237 e. The minimum absolute atomic E-state index is 0.614. The number of aromatic nitrogens is 4. The zero-order chi connectivity index (χ0) is 30.2. The van der Waals surface area contributed by atoms with Crippen molar-refractivity contribution >= 4 is 75.1 Å². The predicted octanol–water partition coefficient (Wildman–Crippen LogP) is 11.0. The van der Waals surface area contributed by atoms with Crippen LogP contribution in [0.4, 0.5) is 0 Å². The van der Waals surface area contributed by atoms with E-state index in [4.69, 9.17) is 15.0 Å². The summed E-state index contributed by atoms with van der Waals surface area (Å²) in [6.45, 7) is 0. The molecule has 10 aromatic rings. The van der Waals surface area contributed by atoms with Crippen molar-refractivity contribution in [2.75, 3.05) is 0 Å². The fourth-order valence-corrected chi connectivity index (χ4v) is 8.30. The van der Waals surface area contributed by atoms with E-state index in [9.17, 15) is 0 Å². The Bertz CT molecular complexity index is 2790. The number of rotatable bonds is 3. The van der Waals surface area contributed by atoms with Crippen LogP contribution in [0.2, 0.25) is 0 Å². The van der Waals surface area contributed by atoms with Gasteiger partial charge in [-0.15, -0.1) is 11.3 Å². The minimum atomic E-state index is 0.614. The smallest absolute Gasteiger partial charge is 0.237 e. The molecule has 0 bridgehead atoms. The normalized spacial score (nSPS) is 11.9. The molecule has 4 nitrogen and oxygen atoms in total. The number of pyridine rings is 1. The molecular formula is C41H24N4S. The van der Waals surface area contributed by atoms with Crippen LogP contribution in [0.15, 0.2) is 146 Å². The summed E-state index contributed by atoms with van der Waals surface area (Å²) in [6.07, 6.45) is 1.81. The molecular weight excluding hydrogens is 581 g/mol. The predicted molar refractivity (Wildman–Crippen MR) is 193 cm³/mol. The van der Waals surface area contributed by atoms with Crippen LogP contribution in [0.3, 0.4) is 0 Å². The van der Waals surface area contributed by atoms with Gasteiger partial charge in [-0.3, -0.25) is 4.57 Å². The van der Waals surface area contributed by atoms with Crippen LogP contribution in [0.1, 0.15) is 0 Å². The third kappa shape index (κ3) is 3.63. The molecule has 0 amide bonds. The molecule has 0 saturated heterocycles. The van der Waals surface area contributed by atoms with Gasteiger partial charge in [-0.1, -0.05) is 115 Å². The number of thiophene rings is 1. The lowest BCUT2D eigenvalue weighted by Gasteiger charge is -2.13. The summed E-state index contributed by atoms with van der Waals surface area (Å²) in [5, 5.41) is 8.35. The van der Waals surface area contributed by atoms with Crippen molar-refractivity contribution in [3.8, 4) is 28.3 Å². The summed E-state index contributed by atoms with van der Waals surface area (Å²) in [5.74, 6) is 0.614. The second kappa shape index (κ2) is 9.80. The highest BCUT2D eigenvalue weighted by Gasteiger charge is 2.23. The van der Waals surface area contributed by atoms with E-state index >= 15 is 0 Å². The van der Waals surface area contributed by atoms with Gasteiger partial charge >= 0.3 is 0 Å². The van der Waals surface area contributed by atoms with Gasteiger partial charge in [0.2, 0.25) is 5.95 Å².